The third kappa shape index (κ3) is 5.06. The first kappa shape index (κ1) is 16.9. The van der Waals surface area contributed by atoms with Gasteiger partial charge < -0.3 is 10.6 Å². The van der Waals surface area contributed by atoms with Gasteiger partial charge in [-0.1, -0.05) is 6.07 Å². The molecule has 0 aliphatic carbocycles. The average Bonchev–Trinajstić information content (AvgIpc) is 2.91. The Balaban J connectivity index is 1.78. The molecule has 0 saturated heterocycles. The average molecular weight is 385 g/mol. The van der Waals surface area contributed by atoms with Crippen LogP contribution in [-0.4, -0.2) is 24.5 Å². The van der Waals surface area contributed by atoms with Gasteiger partial charge >= 0.3 is 0 Å². The minimum Gasteiger partial charge on any atom is -0.356 e. The first-order valence-electron chi connectivity index (χ1n) is 6.88. The SMILES string of the molecule is CN=C(NCCc1ncc(C)s1)NCc1ccc(Br)c(F)c1. The summed E-state index contributed by atoms with van der Waals surface area (Å²) >= 11 is 4.85. The molecular formula is C15H18BrFN4S. The van der Waals surface area contributed by atoms with Crippen molar-refractivity contribution in [1.82, 2.24) is 15.6 Å². The third-order valence-electron chi connectivity index (χ3n) is 2.97. The monoisotopic (exact) mass is 384 g/mol. The first-order valence-corrected chi connectivity index (χ1v) is 8.49. The van der Waals surface area contributed by atoms with E-state index in [-0.39, 0.29) is 5.82 Å². The lowest BCUT2D eigenvalue weighted by atomic mass is 10.2. The number of rotatable bonds is 5. The molecule has 2 rings (SSSR count). The molecule has 2 N–H and O–H groups in total. The molecular weight excluding hydrogens is 367 g/mol. The van der Waals surface area contributed by atoms with E-state index < -0.39 is 0 Å². The molecule has 2 aromatic rings. The Morgan fingerprint density at radius 1 is 1.41 bits per heavy atom. The normalized spacial score (nSPS) is 11.5. The maximum Gasteiger partial charge on any atom is 0.191 e. The Morgan fingerprint density at radius 2 is 2.23 bits per heavy atom. The van der Waals surface area contributed by atoms with E-state index in [1.54, 1.807) is 24.5 Å². The molecule has 0 amide bonds. The van der Waals surface area contributed by atoms with E-state index in [1.165, 1.54) is 10.9 Å². The van der Waals surface area contributed by atoms with Crippen LogP contribution in [0.25, 0.3) is 0 Å². The Kier molecular flexibility index (Phi) is 6.33. The molecule has 118 valence electrons. The Labute approximate surface area is 142 Å². The van der Waals surface area contributed by atoms with Gasteiger partial charge in [0.1, 0.15) is 5.82 Å². The molecule has 7 heteroatoms. The topological polar surface area (TPSA) is 49.3 Å². The van der Waals surface area contributed by atoms with Crippen LogP contribution in [-0.2, 0) is 13.0 Å². The Bertz CT molecular complexity index is 657. The largest absolute Gasteiger partial charge is 0.356 e. The number of aryl methyl sites for hydroxylation is 1. The van der Waals surface area contributed by atoms with Crippen LogP contribution in [0.3, 0.4) is 0 Å². The van der Waals surface area contributed by atoms with Gasteiger partial charge in [-0.3, -0.25) is 4.99 Å². The minimum atomic E-state index is -0.263. The number of aromatic nitrogens is 1. The number of benzene rings is 1. The van der Waals surface area contributed by atoms with Crippen LogP contribution in [0.2, 0.25) is 0 Å². The van der Waals surface area contributed by atoms with E-state index in [0.717, 1.165) is 23.5 Å². The molecule has 4 nitrogen and oxygen atoms in total. The quantitative estimate of drug-likeness (QED) is 0.614. The van der Waals surface area contributed by atoms with Crippen molar-refractivity contribution in [3.63, 3.8) is 0 Å². The maximum absolute atomic E-state index is 13.5. The summed E-state index contributed by atoms with van der Waals surface area (Å²) < 4.78 is 13.9. The van der Waals surface area contributed by atoms with E-state index in [0.29, 0.717) is 17.0 Å². The lowest BCUT2D eigenvalue weighted by Gasteiger charge is -2.11. The number of guanidine groups is 1. The van der Waals surface area contributed by atoms with Crippen LogP contribution in [0.1, 0.15) is 15.4 Å². The molecule has 1 aromatic carbocycles. The predicted molar refractivity (Wildman–Crippen MR) is 92.9 cm³/mol. The van der Waals surface area contributed by atoms with E-state index in [1.807, 2.05) is 19.2 Å². The summed E-state index contributed by atoms with van der Waals surface area (Å²) in [5.74, 6) is 0.429. The summed E-state index contributed by atoms with van der Waals surface area (Å²) in [5.41, 5.74) is 0.860. The first-order chi connectivity index (χ1) is 10.6. The molecule has 0 aliphatic rings. The lowest BCUT2D eigenvalue weighted by Crippen LogP contribution is -2.37. The molecule has 0 unspecified atom stereocenters. The van der Waals surface area contributed by atoms with Crippen molar-refractivity contribution in [2.24, 2.45) is 4.99 Å². The maximum atomic E-state index is 13.5. The van der Waals surface area contributed by atoms with Crippen molar-refractivity contribution < 1.29 is 4.39 Å². The summed E-state index contributed by atoms with van der Waals surface area (Å²) in [5, 5.41) is 7.50. The van der Waals surface area contributed by atoms with E-state index in [9.17, 15) is 4.39 Å². The molecule has 0 aliphatic heterocycles. The smallest absolute Gasteiger partial charge is 0.191 e. The van der Waals surface area contributed by atoms with Crippen LogP contribution >= 0.6 is 27.3 Å². The lowest BCUT2D eigenvalue weighted by molar-refractivity contribution is 0.617. The van der Waals surface area contributed by atoms with Crippen LogP contribution in [0.15, 0.2) is 33.9 Å². The van der Waals surface area contributed by atoms with Gasteiger partial charge in [-0.15, -0.1) is 11.3 Å². The van der Waals surface area contributed by atoms with Gasteiger partial charge in [-0.25, -0.2) is 9.37 Å². The zero-order valence-electron chi connectivity index (χ0n) is 12.5. The highest BCUT2D eigenvalue weighted by Crippen LogP contribution is 2.16. The van der Waals surface area contributed by atoms with Crippen molar-refractivity contribution in [2.45, 2.75) is 19.9 Å². The van der Waals surface area contributed by atoms with Gasteiger partial charge in [-0.2, -0.15) is 0 Å². The fourth-order valence-electron chi connectivity index (χ4n) is 1.86. The second kappa shape index (κ2) is 8.24. The number of nitrogens with zero attached hydrogens (tertiary/aromatic N) is 2. The van der Waals surface area contributed by atoms with Crippen LogP contribution in [0, 0.1) is 12.7 Å². The molecule has 0 bridgehead atoms. The minimum absolute atomic E-state index is 0.263. The Morgan fingerprint density at radius 3 is 2.86 bits per heavy atom. The van der Waals surface area contributed by atoms with Gasteiger partial charge in [0, 0.05) is 37.6 Å². The number of nitrogens with one attached hydrogen (secondary N) is 2. The number of hydrogen-bond donors (Lipinski definition) is 2. The van der Waals surface area contributed by atoms with Gasteiger partial charge in [0.05, 0.1) is 9.48 Å². The zero-order valence-corrected chi connectivity index (χ0v) is 14.9. The fraction of sp³-hybridized carbons (Fsp3) is 0.333. The van der Waals surface area contributed by atoms with Crippen molar-refractivity contribution >= 4 is 33.2 Å². The van der Waals surface area contributed by atoms with E-state index in [2.05, 4.69) is 36.5 Å². The van der Waals surface area contributed by atoms with Crippen molar-refractivity contribution in [3.05, 3.63) is 50.1 Å². The van der Waals surface area contributed by atoms with Gasteiger partial charge in [0.2, 0.25) is 0 Å². The fourth-order valence-corrected chi connectivity index (χ4v) is 2.89. The molecule has 1 heterocycles. The molecule has 0 atom stereocenters. The van der Waals surface area contributed by atoms with E-state index >= 15 is 0 Å². The molecule has 0 saturated carbocycles. The molecule has 22 heavy (non-hydrogen) atoms. The summed E-state index contributed by atoms with van der Waals surface area (Å²) in [6.07, 6.45) is 2.74. The van der Waals surface area contributed by atoms with Crippen molar-refractivity contribution in [1.29, 1.82) is 0 Å². The van der Waals surface area contributed by atoms with Crippen LogP contribution in [0.4, 0.5) is 4.39 Å². The molecule has 1 aromatic heterocycles. The third-order valence-corrected chi connectivity index (χ3v) is 4.58. The summed E-state index contributed by atoms with van der Waals surface area (Å²) in [7, 11) is 1.71. The highest BCUT2D eigenvalue weighted by molar-refractivity contribution is 9.10. The molecule has 0 radical (unpaired) electrons. The predicted octanol–water partition coefficient (Wildman–Crippen LogP) is 3.26. The summed E-state index contributed by atoms with van der Waals surface area (Å²) in [6.45, 7) is 3.31. The number of thiazole rings is 1. The second-order valence-electron chi connectivity index (χ2n) is 4.72. The summed E-state index contributed by atoms with van der Waals surface area (Å²) in [4.78, 5) is 9.69. The highest BCUT2D eigenvalue weighted by Gasteiger charge is 2.03. The number of hydrogen-bond acceptors (Lipinski definition) is 3. The van der Waals surface area contributed by atoms with Crippen LogP contribution < -0.4 is 10.6 Å². The number of halogens is 2. The van der Waals surface area contributed by atoms with E-state index in [4.69, 9.17) is 0 Å². The second-order valence-corrected chi connectivity index (χ2v) is 6.89. The van der Waals surface area contributed by atoms with Gasteiger partial charge in [0.25, 0.3) is 0 Å². The Hall–Kier alpha value is -1.47. The highest BCUT2D eigenvalue weighted by atomic mass is 79.9. The van der Waals surface area contributed by atoms with Gasteiger partial charge in [0.15, 0.2) is 5.96 Å². The van der Waals surface area contributed by atoms with Crippen molar-refractivity contribution in [2.75, 3.05) is 13.6 Å². The summed E-state index contributed by atoms with van der Waals surface area (Å²) in [6, 6.07) is 5.07. The zero-order chi connectivity index (χ0) is 15.9. The van der Waals surface area contributed by atoms with Gasteiger partial charge in [-0.05, 0) is 40.5 Å². The van der Waals surface area contributed by atoms with Crippen molar-refractivity contribution in [3.8, 4) is 0 Å². The standard InChI is InChI=1S/C15H18BrFN4S/c1-10-8-20-14(22-10)5-6-19-15(18-2)21-9-11-3-4-12(16)13(17)7-11/h3-4,7-8H,5-6,9H2,1-2H3,(H2,18,19,21). The molecule has 0 spiro atoms. The van der Waals surface area contributed by atoms with Crippen LogP contribution in [0.5, 0.6) is 0 Å². The molecule has 0 fully saturated rings. The number of aliphatic imine (C=N–C) groups is 1.